The highest BCUT2D eigenvalue weighted by Crippen LogP contribution is 2.39. The van der Waals surface area contributed by atoms with Gasteiger partial charge in [-0.1, -0.05) is 30.3 Å². The van der Waals surface area contributed by atoms with Gasteiger partial charge in [-0.15, -0.1) is 0 Å². The molecule has 1 aromatic heterocycles. The quantitative estimate of drug-likeness (QED) is 0.540. The summed E-state index contributed by atoms with van der Waals surface area (Å²) in [7, 11) is 2.11. The van der Waals surface area contributed by atoms with Crippen LogP contribution in [-0.4, -0.2) is 79.7 Å². The molecule has 3 aliphatic heterocycles. The lowest BCUT2D eigenvalue weighted by Crippen LogP contribution is -2.49. The Morgan fingerprint density at radius 2 is 2.00 bits per heavy atom. The van der Waals surface area contributed by atoms with Gasteiger partial charge in [-0.25, -0.2) is 4.98 Å². The van der Waals surface area contributed by atoms with Crippen molar-refractivity contribution in [2.45, 2.75) is 31.8 Å². The second-order valence-corrected chi connectivity index (χ2v) is 10.3. The normalized spacial score (nSPS) is 19.9. The monoisotopic (exact) mass is 520 g/mol. The minimum absolute atomic E-state index is 0.0583. The summed E-state index contributed by atoms with van der Waals surface area (Å²) in [6.45, 7) is 9.00. The van der Waals surface area contributed by atoms with E-state index in [9.17, 15) is 10.1 Å². The van der Waals surface area contributed by atoms with Crippen molar-refractivity contribution in [2.24, 2.45) is 0 Å². The van der Waals surface area contributed by atoms with Gasteiger partial charge in [-0.2, -0.15) is 5.26 Å². The number of anilines is 2. The third kappa shape index (κ3) is 5.11. The number of pyridine rings is 1. The molecule has 0 radical (unpaired) electrons. The van der Waals surface area contributed by atoms with E-state index in [1.165, 1.54) is 6.08 Å². The zero-order valence-electron chi connectivity index (χ0n) is 21.3. The van der Waals surface area contributed by atoms with Crippen molar-refractivity contribution < 1.29 is 9.53 Å². The molecule has 2 fully saturated rings. The van der Waals surface area contributed by atoms with Gasteiger partial charge in [0.15, 0.2) is 0 Å². The first-order chi connectivity index (χ1) is 18.0. The zero-order chi connectivity index (χ0) is 25.9. The SMILES string of the molecule is C=CC(=O)N1CCN(c2c(C#N)c(OCC3CCCN3C)nc3c2CCN(c2ccccc2Cl)C3)CC1. The number of amides is 1. The van der Waals surface area contributed by atoms with Gasteiger partial charge in [-0.3, -0.25) is 4.79 Å². The van der Waals surface area contributed by atoms with Crippen LogP contribution in [0.15, 0.2) is 36.9 Å². The fourth-order valence-corrected chi connectivity index (χ4v) is 5.90. The molecule has 0 N–H and O–H groups in total. The molecule has 0 saturated carbocycles. The molecular formula is C28H33ClN6O2. The molecule has 1 unspecified atom stereocenters. The number of nitriles is 1. The molecule has 37 heavy (non-hydrogen) atoms. The molecule has 4 heterocycles. The predicted molar refractivity (Wildman–Crippen MR) is 145 cm³/mol. The van der Waals surface area contributed by atoms with Gasteiger partial charge in [-0.05, 0) is 51.1 Å². The molecule has 1 aromatic carbocycles. The molecule has 3 aliphatic rings. The van der Waals surface area contributed by atoms with Crippen LogP contribution in [-0.2, 0) is 17.8 Å². The maximum atomic E-state index is 12.1. The molecule has 2 aromatic rings. The number of fused-ring (bicyclic) bond motifs is 1. The van der Waals surface area contributed by atoms with Crippen molar-refractivity contribution in [3.05, 3.63) is 58.8 Å². The Morgan fingerprint density at radius 3 is 2.68 bits per heavy atom. The number of likely N-dealkylation sites (tertiary alicyclic amines) is 1. The van der Waals surface area contributed by atoms with Crippen LogP contribution in [0.1, 0.15) is 29.7 Å². The van der Waals surface area contributed by atoms with Crippen LogP contribution in [0, 0.1) is 11.3 Å². The van der Waals surface area contributed by atoms with E-state index in [2.05, 4.69) is 34.4 Å². The molecule has 1 amide bonds. The number of piperazine rings is 1. The van der Waals surface area contributed by atoms with E-state index in [4.69, 9.17) is 21.3 Å². The van der Waals surface area contributed by atoms with E-state index in [1.54, 1.807) is 4.90 Å². The first kappa shape index (κ1) is 25.4. The second kappa shape index (κ2) is 11.0. The number of carbonyl (C=O) groups is 1. The molecule has 8 nitrogen and oxygen atoms in total. The lowest BCUT2D eigenvalue weighted by atomic mass is 9.97. The Bertz CT molecular complexity index is 1220. The van der Waals surface area contributed by atoms with E-state index in [-0.39, 0.29) is 5.91 Å². The van der Waals surface area contributed by atoms with Crippen LogP contribution in [0.5, 0.6) is 5.88 Å². The van der Waals surface area contributed by atoms with E-state index >= 15 is 0 Å². The van der Waals surface area contributed by atoms with Crippen LogP contribution in [0.3, 0.4) is 0 Å². The standard InChI is InChI=1S/C28H33ClN6O2/c1-3-26(36)33-13-15-34(16-14-33)27-21-10-12-35(25-9-5-4-8-23(25)29)18-24(21)31-28(22(27)17-30)37-19-20-7-6-11-32(20)2/h3-5,8-9,20H,1,6-7,10-16,18-19H2,2H3. The lowest BCUT2D eigenvalue weighted by Gasteiger charge is -2.39. The first-order valence-corrected chi connectivity index (χ1v) is 13.3. The maximum absolute atomic E-state index is 12.1. The Morgan fingerprint density at radius 1 is 1.22 bits per heavy atom. The van der Waals surface area contributed by atoms with Crippen molar-refractivity contribution >= 4 is 28.9 Å². The van der Waals surface area contributed by atoms with Crippen molar-refractivity contribution in [1.29, 1.82) is 5.26 Å². The minimum atomic E-state index is -0.0583. The molecule has 0 bridgehead atoms. The average Bonchev–Trinajstić information content (AvgIpc) is 3.35. The summed E-state index contributed by atoms with van der Waals surface area (Å²) in [4.78, 5) is 25.7. The molecular weight excluding hydrogens is 488 g/mol. The number of hydrogen-bond donors (Lipinski definition) is 0. The zero-order valence-corrected chi connectivity index (χ0v) is 22.1. The topological polar surface area (TPSA) is 75.9 Å². The Kier molecular flexibility index (Phi) is 7.54. The number of ether oxygens (including phenoxy) is 1. The molecule has 194 valence electrons. The average molecular weight is 521 g/mol. The lowest BCUT2D eigenvalue weighted by molar-refractivity contribution is -0.126. The minimum Gasteiger partial charge on any atom is -0.475 e. The maximum Gasteiger partial charge on any atom is 0.246 e. The Hall–Kier alpha value is -3.28. The van der Waals surface area contributed by atoms with E-state index < -0.39 is 0 Å². The van der Waals surface area contributed by atoms with E-state index in [0.29, 0.717) is 61.8 Å². The van der Waals surface area contributed by atoms with Gasteiger partial charge in [0.2, 0.25) is 11.8 Å². The van der Waals surface area contributed by atoms with Crippen LogP contribution in [0.2, 0.25) is 5.02 Å². The highest BCUT2D eigenvalue weighted by atomic mass is 35.5. The number of aromatic nitrogens is 1. The third-order valence-corrected chi connectivity index (χ3v) is 8.08. The fraction of sp³-hybridized carbons (Fsp3) is 0.464. The van der Waals surface area contributed by atoms with Crippen LogP contribution in [0.4, 0.5) is 11.4 Å². The van der Waals surface area contributed by atoms with Crippen molar-refractivity contribution in [1.82, 2.24) is 14.8 Å². The highest BCUT2D eigenvalue weighted by molar-refractivity contribution is 6.33. The van der Waals surface area contributed by atoms with Gasteiger partial charge < -0.3 is 24.3 Å². The van der Waals surface area contributed by atoms with Crippen molar-refractivity contribution in [3.63, 3.8) is 0 Å². The number of carbonyl (C=O) groups excluding carboxylic acids is 1. The second-order valence-electron chi connectivity index (χ2n) is 9.90. The fourth-order valence-electron chi connectivity index (χ4n) is 5.65. The predicted octanol–water partition coefficient (Wildman–Crippen LogP) is 3.48. The van der Waals surface area contributed by atoms with Crippen LogP contribution < -0.4 is 14.5 Å². The van der Waals surface area contributed by atoms with Gasteiger partial charge in [0, 0.05) is 44.3 Å². The molecule has 5 rings (SSSR count). The van der Waals surface area contributed by atoms with Crippen LogP contribution in [0.25, 0.3) is 0 Å². The molecule has 0 aliphatic carbocycles. The number of para-hydroxylation sites is 1. The molecule has 9 heteroatoms. The Labute approximate surface area is 223 Å². The van der Waals surface area contributed by atoms with Gasteiger partial charge >= 0.3 is 0 Å². The van der Waals surface area contributed by atoms with E-state index in [1.807, 2.05) is 24.3 Å². The van der Waals surface area contributed by atoms with E-state index in [0.717, 1.165) is 55.0 Å². The highest BCUT2D eigenvalue weighted by Gasteiger charge is 2.32. The summed E-state index contributed by atoms with van der Waals surface area (Å²) in [5.74, 6) is 0.346. The first-order valence-electron chi connectivity index (χ1n) is 12.9. The smallest absolute Gasteiger partial charge is 0.246 e. The Balaban J connectivity index is 1.49. The number of nitrogens with zero attached hydrogens (tertiary/aromatic N) is 6. The summed E-state index contributed by atoms with van der Waals surface area (Å²) in [5, 5.41) is 11.0. The summed E-state index contributed by atoms with van der Waals surface area (Å²) >= 11 is 6.52. The van der Waals surface area contributed by atoms with Crippen molar-refractivity contribution in [2.75, 3.05) is 62.7 Å². The number of rotatable bonds is 6. The summed E-state index contributed by atoms with van der Waals surface area (Å²) < 4.78 is 6.30. The van der Waals surface area contributed by atoms with Gasteiger partial charge in [0.25, 0.3) is 0 Å². The largest absolute Gasteiger partial charge is 0.475 e. The summed E-state index contributed by atoms with van der Waals surface area (Å²) in [6.07, 6.45) is 4.34. The van der Waals surface area contributed by atoms with Gasteiger partial charge in [0.05, 0.1) is 28.6 Å². The molecule has 1 atom stereocenters. The summed E-state index contributed by atoms with van der Waals surface area (Å²) in [6, 6.07) is 10.6. The third-order valence-electron chi connectivity index (χ3n) is 7.76. The molecule has 2 saturated heterocycles. The summed E-state index contributed by atoms with van der Waals surface area (Å²) in [5.41, 5.74) is 4.39. The van der Waals surface area contributed by atoms with Gasteiger partial charge in [0.1, 0.15) is 18.2 Å². The number of benzene rings is 1. The molecule has 0 spiro atoms. The number of halogens is 1. The van der Waals surface area contributed by atoms with Crippen molar-refractivity contribution in [3.8, 4) is 11.9 Å². The number of hydrogen-bond acceptors (Lipinski definition) is 7. The van der Waals surface area contributed by atoms with Crippen LogP contribution >= 0.6 is 11.6 Å². The number of likely N-dealkylation sites (N-methyl/N-ethyl adjacent to an activating group) is 1.